The number of benzene rings is 2. The molecule has 2 heterocycles. The molecule has 0 radical (unpaired) electrons. The van der Waals surface area contributed by atoms with Gasteiger partial charge in [-0.15, -0.1) is 0 Å². The van der Waals surface area contributed by atoms with Crippen molar-refractivity contribution in [3.05, 3.63) is 83.2 Å². The van der Waals surface area contributed by atoms with Gasteiger partial charge in [0.2, 0.25) is 0 Å². The van der Waals surface area contributed by atoms with Crippen LogP contribution in [-0.4, -0.2) is 22.5 Å². The molecule has 2 aromatic carbocycles. The molecule has 30 heavy (non-hydrogen) atoms. The van der Waals surface area contributed by atoms with Gasteiger partial charge in [0, 0.05) is 11.8 Å². The van der Waals surface area contributed by atoms with Gasteiger partial charge < -0.3 is 4.74 Å². The van der Waals surface area contributed by atoms with E-state index in [1.165, 1.54) is 0 Å². The number of ether oxygens (including phenoxy) is 1. The van der Waals surface area contributed by atoms with Crippen molar-refractivity contribution in [2.45, 2.75) is 27.3 Å². The Labute approximate surface area is 180 Å². The van der Waals surface area contributed by atoms with Gasteiger partial charge in [0.05, 0.1) is 29.1 Å². The van der Waals surface area contributed by atoms with E-state index in [1.807, 2.05) is 44.2 Å². The molecule has 0 aliphatic carbocycles. The van der Waals surface area contributed by atoms with E-state index in [-0.39, 0.29) is 5.91 Å². The van der Waals surface area contributed by atoms with E-state index in [0.717, 1.165) is 32.8 Å². The van der Waals surface area contributed by atoms with Crippen molar-refractivity contribution in [1.82, 2.24) is 9.97 Å². The number of pyridine rings is 1. The van der Waals surface area contributed by atoms with Gasteiger partial charge in [-0.2, -0.15) is 0 Å². The predicted molar refractivity (Wildman–Crippen MR) is 121 cm³/mol. The average Bonchev–Trinajstić information content (AvgIpc) is 3.22. The highest BCUT2D eigenvalue weighted by Crippen LogP contribution is 2.34. The minimum Gasteiger partial charge on any atom is -0.494 e. The number of hydrogen-bond acceptors (Lipinski definition) is 5. The summed E-state index contributed by atoms with van der Waals surface area (Å²) in [4.78, 5) is 24.4. The number of rotatable bonds is 6. The number of carbonyl (C=O) groups is 1. The maximum Gasteiger partial charge on any atom is 0.260 e. The molecule has 2 aromatic heterocycles. The second-order valence-electron chi connectivity index (χ2n) is 7.04. The van der Waals surface area contributed by atoms with Gasteiger partial charge in [-0.05, 0) is 68.3 Å². The van der Waals surface area contributed by atoms with Crippen molar-refractivity contribution in [2.75, 3.05) is 11.5 Å². The van der Waals surface area contributed by atoms with E-state index in [1.54, 1.807) is 34.6 Å². The lowest BCUT2D eigenvalue weighted by Gasteiger charge is -2.19. The van der Waals surface area contributed by atoms with Crippen molar-refractivity contribution in [3.63, 3.8) is 0 Å². The molecule has 0 saturated heterocycles. The summed E-state index contributed by atoms with van der Waals surface area (Å²) in [5.74, 6) is 0.634. The number of hydrogen-bond donors (Lipinski definition) is 0. The van der Waals surface area contributed by atoms with Gasteiger partial charge in [-0.1, -0.05) is 29.5 Å². The zero-order chi connectivity index (χ0) is 21.1. The first-order valence-corrected chi connectivity index (χ1v) is 10.7. The molecule has 0 bridgehead atoms. The lowest BCUT2D eigenvalue weighted by Crippen LogP contribution is -2.30. The number of thiazole rings is 1. The number of amides is 1. The van der Waals surface area contributed by atoms with E-state index in [0.29, 0.717) is 23.8 Å². The third-order valence-electron chi connectivity index (χ3n) is 4.87. The van der Waals surface area contributed by atoms with E-state index in [9.17, 15) is 4.79 Å². The van der Waals surface area contributed by atoms with Crippen molar-refractivity contribution >= 4 is 32.6 Å². The Morgan fingerprint density at radius 2 is 1.80 bits per heavy atom. The molecular formula is C24H23N3O2S. The normalized spacial score (nSPS) is 10.9. The van der Waals surface area contributed by atoms with Crippen LogP contribution in [0.2, 0.25) is 0 Å². The van der Waals surface area contributed by atoms with Gasteiger partial charge >= 0.3 is 0 Å². The summed E-state index contributed by atoms with van der Waals surface area (Å²) in [7, 11) is 0. The highest BCUT2D eigenvalue weighted by Gasteiger charge is 2.23. The van der Waals surface area contributed by atoms with Crippen LogP contribution in [-0.2, 0) is 6.54 Å². The molecule has 5 nitrogen and oxygen atoms in total. The zero-order valence-electron chi connectivity index (χ0n) is 17.3. The molecule has 0 unspecified atom stereocenters. The van der Waals surface area contributed by atoms with Crippen LogP contribution in [0.4, 0.5) is 5.13 Å². The summed E-state index contributed by atoms with van der Waals surface area (Å²) in [6.07, 6.45) is 1.74. The molecule has 4 rings (SSSR count). The third-order valence-corrected chi connectivity index (χ3v) is 6.08. The molecule has 0 aliphatic heterocycles. The quantitative estimate of drug-likeness (QED) is 0.412. The fourth-order valence-electron chi connectivity index (χ4n) is 3.26. The summed E-state index contributed by atoms with van der Waals surface area (Å²) >= 11 is 1.54. The van der Waals surface area contributed by atoms with Crippen LogP contribution >= 0.6 is 11.3 Å². The van der Waals surface area contributed by atoms with E-state index in [4.69, 9.17) is 9.72 Å². The summed E-state index contributed by atoms with van der Waals surface area (Å²) in [6.45, 7) is 6.99. The number of anilines is 1. The standard InChI is InChI=1S/C24H23N3O2S/c1-4-29-20-12-10-18(11-13-20)23(28)27(15-19-7-5-6-14-25-19)24-26-21-16(2)8-9-17(3)22(21)30-24/h5-14H,4,15H2,1-3H3. The Morgan fingerprint density at radius 1 is 1.03 bits per heavy atom. The summed E-state index contributed by atoms with van der Waals surface area (Å²) in [6, 6.07) is 17.1. The number of nitrogens with zero attached hydrogens (tertiary/aromatic N) is 3. The van der Waals surface area contributed by atoms with Gasteiger partial charge in [0.15, 0.2) is 5.13 Å². The smallest absolute Gasteiger partial charge is 0.260 e. The second-order valence-corrected chi connectivity index (χ2v) is 8.02. The fourth-order valence-corrected chi connectivity index (χ4v) is 4.37. The molecular weight excluding hydrogens is 394 g/mol. The summed E-state index contributed by atoms with van der Waals surface area (Å²) in [5, 5.41) is 0.673. The van der Waals surface area contributed by atoms with E-state index < -0.39 is 0 Å². The molecule has 4 aromatic rings. The second kappa shape index (κ2) is 8.63. The Balaban J connectivity index is 1.75. The molecule has 0 spiro atoms. The van der Waals surface area contributed by atoms with Crippen LogP contribution < -0.4 is 9.64 Å². The number of fused-ring (bicyclic) bond motifs is 1. The van der Waals surface area contributed by atoms with Gasteiger partial charge in [0.25, 0.3) is 5.91 Å². The Kier molecular flexibility index (Phi) is 5.77. The minimum atomic E-state index is -0.113. The van der Waals surface area contributed by atoms with Gasteiger partial charge in [0.1, 0.15) is 5.75 Å². The first-order chi connectivity index (χ1) is 14.6. The first-order valence-electron chi connectivity index (χ1n) is 9.88. The van der Waals surface area contributed by atoms with Crippen LogP contribution in [0.25, 0.3) is 10.2 Å². The fraction of sp³-hybridized carbons (Fsp3) is 0.208. The van der Waals surface area contributed by atoms with Crippen LogP contribution in [0.3, 0.4) is 0 Å². The maximum atomic E-state index is 13.5. The van der Waals surface area contributed by atoms with Crippen LogP contribution in [0, 0.1) is 13.8 Å². The third kappa shape index (κ3) is 4.04. The predicted octanol–water partition coefficient (Wildman–Crippen LogP) is 5.55. The molecule has 0 aliphatic rings. The minimum absolute atomic E-state index is 0.113. The SMILES string of the molecule is CCOc1ccc(C(=O)N(Cc2ccccn2)c2nc3c(C)ccc(C)c3s2)cc1. The summed E-state index contributed by atoms with van der Waals surface area (Å²) < 4.78 is 6.61. The average molecular weight is 418 g/mol. The molecule has 0 fully saturated rings. The topological polar surface area (TPSA) is 55.3 Å². The van der Waals surface area contributed by atoms with Crippen molar-refractivity contribution < 1.29 is 9.53 Å². The monoisotopic (exact) mass is 417 g/mol. The number of aromatic nitrogens is 2. The first kappa shape index (κ1) is 20.0. The Morgan fingerprint density at radius 3 is 2.47 bits per heavy atom. The molecule has 0 saturated carbocycles. The van der Waals surface area contributed by atoms with Crippen LogP contribution in [0.5, 0.6) is 5.75 Å². The van der Waals surface area contributed by atoms with Crippen molar-refractivity contribution in [2.24, 2.45) is 0 Å². The molecule has 6 heteroatoms. The molecule has 1 amide bonds. The molecule has 152 valence electrons. The van der Waals surface area contributed by atoms with Crippen LogP contribution in [0.15, 0.2) is 60.8 Å². The Bertz CT molecular complexity index is 1130. The number of aryl methyl sites for hydroxylation is 2. The van der Waals surface area contributed by atoms with Crippen molar-refractivity contribution in [1.29, 1.82) is 0 Å². The van der Waals surface area contributed by atoms with Gasteiger partial charge in [-0.3, -0.25) is 14.7 Å². The highest BCUT2D eigenvalue weighted by molar-refractivity contribution is 7.22. The lowest BCUT2D eigenvalue weighted by atomic mass is 10.1. The van der Waals surface area contributed by atoms with Gasteiger partial charge in [-0.25, -0.2) is 4.98 Å². The molecule has 0 N–H and O–H groups in total. The van der Waals surface area contributed by atoms with Crippen molar-refractivity contribution in [3.8, 4) is 5.75 Å². The zero-order valence-corrected chi connectivity index (χ0v) is 18.1. The van der Waals surface area contributed by atoms with Crippen LogP contribution in [0.1, 0.15) is 34.1 Å². The number of carbonyl (C=O) groups excluding carboxylic acids is 1. The highest BCUT2D eigenvalue weighted by atomic mass is 32.1. The Hall–Kier alpha value is -3.25. The van der Waals surface area contributed by atoms with E-state index >= 15 is 0 Å². The van der Waals surface area contributed by atoms with E-state index in [2.05, 4.69) is 24.0 Å². The lowest BCUT2D eigenvalue weighted by molar-refractivity contribution is 0.0985. The molecule has 0 atom stereocenters. The maximum absolute atomic E-state index is 13.5. The largest absolute Gasteiger partial charge is 0.494 e. The summed E-state index contributed by atoms with van der Waals surface area (Å²) in [5.41, 5.74) is 4.60.